The number of piperidine rings is 1. The molecule has 1 fully saturated rings. The van der Waals surface area contributed by atoms with Crippen LogP contribution in [0.25, 0.3) is 0 Å². The summed E-state index contributed by atoms with van der Waals surface area (Å²) in [5.74, 6) is 0. The van der Waals surface area contributed by atoms with Gasteiger partial charge in [0.2, 0.25) is 0 Å². The average Bonchev–Trinajstić information content (AvgIpc) is 2.46. The van der Waals surface area contributed by atoms with Gasteiger partial charge in [-0.05, 0) is 26.7 Å². The van der Waals surface area contributed by atoms with Crippen molar-refractivity contribution in [2.24, 2.45) is 0 Å². The minimum atomic E-state index is -0.295. The van der Waals surface area contributed by atoms with E-state index >= 15 is 0 Å². The summed E-state index contributed by atoms with van der Waals surface area (Å²) in [6.45, 7) is 5.16. The summed E-state index contributed by atoms with van der Waals surface area (Å²) >= 11 is 6.19. The van der Waals surface area contributed by atoms with Crippen molar-refractivity contribution in [3.63, 3.8) is 0 Å². The standard InChI is InChI=1S/C14H23ClN4O2/c1-10-5-4-6-11(2)19(10)17-12-9-16-18(7-8-21-3)14(20)13(12)15/h9-11,17H,4-8H2,1-3H3. The Morgan fingerprint density at radius 3 is 2.71 bits per heavy atom. The van der Waals surface area contributed by atoms with Crippen LogP contribution in [-0.4, -0.2) is 40.6 Å². The minimum Gasteiger partial charge on any atom is -0.383 e. The van der Waals surface area contributed by atoms with Crippen LogP contribution in [0.2, 0.25) is 5.02 Å². The van der Waals surface area contributed by atoms with E-state index in [1.807, 2.05) is 0 Å². The van der Waals surface area contributed by atoms with E-state index in [2.05, 4.69) is 29.4 Å². The van der Waals surface area contributed by atoms with Crippen LogP contribution >= 0.6 is 11.6 Å². The van der Waals surface area contributed by atoms with Crippen LogP contribution in [0.1, 0.15) is 33.1 Å². The van der Waals surface area contributed by atoms with Crippen molar-refractivity contribution < 1.29 is 4.74 Å². The van der Waals surface area contributed by atoms with Gasteiger partial charge in [0.1, 0.15) is 5.02 Å². The van der Waals surface area contributed by atoms with Crippen LogP contribution in [0, 0.1) is 0 Å². The van der Waals surface area contributed by atoms with Gasteiger partial charge in [-0.1, -0.05) is 18.0 Å². The van der Waals surface area contributed by atoms with Gasteiger partial charge in [0.15, 0.2) is 0 Å². The fourth-order valence-corrected chi connectivity index (χ4v) is 2.85. The van der Waals surface area contributed by atoms with E-state index in [0.717, 1.165) is 12.8 Å². The Bertz CT molecular complexity index is 524. The molecule has 1 aliphatic rings. The highest BCUT2D eigenvalue weighted by Gasteiger charge is 2.25. The van der Waals surface area contributed by atoms with E-state index in [9.17, 15) is 4.79 Å². The summed E-state index contributed by atoms with van der Waals surface area (Å²) in [6.07, 6.45) is 5.10. The molecule has 2 heterocycles. The predicted octanol–water partition coefficient (Wildman–Crippen LogP) is 2.13. The van der Waals surface area contributed by atoms with Crippen LogP contribution in [0.3, 0.4) is 0 Å². The number of hydrogen-bond acceptors (Lipinski definition) is 5. The number of nitrogens with one attached hydrogen (secondary N) is 1. The minimum absolute atomic E-state index is 0.172. The largest absolute Gasteiger partial charge is 0.383 e. The molecule has 1 aromatic rings. The second-order valence-corrected chi connectivity index (χ2v) is 5.92. The molecule has 0 bridgehead atoms. The highest BCUT2D eigenvalue weighted by molar-refractivity contribution is 6.32. The smallest absolute Gasteiger partial charge is 0.287 e. The molecule has 2 unspecified atom stereocenters. The number of aromatic nitrogens is 2. The predicted molar refractivity (Wildman–Crippen MR) is 83.6 cm³/mol. The lowest BCUT2D eigenvalue weighted by Crippen LogP contribution is -2.47. The van der Waals surface area contributed by atoms with Crippen molar-refractivity contribution in [3.05, 3.63) is 21.6 Å². The molecule has 21 heavy (non-hydrogen) atoms. The highest BCUT2D eigenvalue weighted by Crippen LogP contribution is 2.25. The van der Waals surface area contributed by atoms with Gasteiger partial charge in [-0.25, -0.2) is 9.69 Å². The third kappa shape index (κ3) is 3.75. The fraction of sp³-hybridized carbons (Fsp3) is 0.714. The number of methoxy groups -OCH3 is 1. The van der Waals surface area contributed by atoms with E-state index in [1.165, 1.54) is 11.1 Å². The van der Waals surface area contributed by atoms with Crippen molar-refractivity contribution >= 4 is 17.3 Å². The Balaban J connectivity index is 2.17. The van der Waals surface area contributed by atoms with Crippen LogP contribution in [0.5, 0.6) is 0 Å². The summed E-state index contributed by atoms with van der Waals surface area (Å²) in [7, 11) is 1.59. The van der Waals surface area contributed by atoms with Gasteiger partial charge in [0.25, 0.3) is 5.56 Å². The zero-order valence-corrected chi connectivity index (χ0v) is 13.6. The molecule has 0 saturated carbocycles. The van der Waals surface area contributed by atoms with Crippen LogP contribution in [0.4, 0.5) is 5.69 Å². The molecule has 6 nitrogen and oxygen atoms in total. The first kappa shape index (κ1) is 16.3. The molecule has 1 aliphatic heterocycles. The number of nitrogens with zero attached hydrogens (tertiary/aromatic N) is 3. The van der Waals surface area contributed by atoms with Crippen molar-refractivity contribution in [3.8, 4) is 0 Å². The van der Waals surface area contributed by atoms with Crippen molar-refractivity contribution in [1.29, 1.82) is 0 Å². The van der Waals surface area contributed by atoms with Crippen molar-refractivity contribution in [1.82, 2.24) is 14.8 Å². The first-order valence-electron chi connectivity index (χ1n) is 7.34. The fourth-order valence-electron chi connectivity index (χ4n) is 2.66. The number of ether oxygens (including phenoxy) is 1. The van der Waals surface area contributed by atoms with Gasteiger partial charge in [0, 0.05) is 19.2 Å². The molecule has 1 saturated heterocycles. The Kier molecular flexibility index (Phi) is 5.61. The Morgan fingerprint density at radius 2 is 2.10 bits per heavy atom. The number of rotatable bonds is 5. The molecule has 2 atom stereocenters. The molecule has 118 valence electrons. The maximum Gasteiger partial charge on any atom is 0.287 e. The van der Waals surface area contributed by atoms with Gasteiger partial charge >= 0.3 is 0 Å². The average molecular weight is 315 g/mol. The lowest BCUT2D eigenvalue weighted by molar-refractivity contribution is 0.135. The van der Waals surface area contributed by atoms with Crippen molar-refractivity contribution in [2.75, 3.05) is 19.1 Å². The molecule has 0 aliphatic carbocycles. The van der Waals surface area contributed by atoms with E-state index in [-0.39, 0.29) is 10.6 Å². The summed E-state index contributed by atoms with van der Waals surface area (Å²) in [5, 5.41) is 6.47. The second-order valence-electron chi connectivity index (χ2n) is 5.54. The maximum atomic E-state index is 12.2. The van der Waals surface area contributed by atoms with Crippen LogP contribution in [-0.2, 0) is 11.3 Å². The van der Waals surface area contributed by atoms with Crippen molar-refractivity contribution in [2.45, 2.75) is 51.7 Å². The van der Waals surface area contributed by atoms with E-state index in [1.54, 1.807) is 13.3 Å². The van der Waals surface area contributed by atoms with Gasteiger partial charge in [0.05, 0.1) is 25.0 Å². The van der Waals surface area contributed by atoms with Gasteiger partial charge in [-0.15, -0.1) is 0 Å². The quantitative estimate of drug-likeness (QED) is 0.902. The molecular weight excluding hydrogens is 292 g/mol. The lowest BCUT2D eigenvalue weighted by atomic mass is 10.00. The third-order valence-electron chi connectivity index (χ3n) is 3.94. The molecule has 0 spiro atoms. The summed E-state index contributed by atoms with van der Waals surface area (Å²) in [6, 6.07) is 0.807. The Labute approximate surface area is 130 Å². The number of halogens is 1. The molecular formula is C14H23ClN4O2. The molecule has 1 aromatic heterocycles. The first-order valence-corrected chi connectivity index (χ1v) is 7.72. The second kappa shape index (κ2) is 7.24. The summed E-state index contributed by atoms with van der Waals surface area (Å²) in [5.41, 5.74) is 3.54. The lowest BCUT2D eigenvalue weighted by Gasteiger charge is -2.39. The van der Waals surface area contributed by atoms with Gasteiger partial charge in [-0.3, -0.25) is 4.79 Å². The van der Waals surface area contributed by atoms with E-state index in [4.69, 9.17) is 16.3 Å². The first-order chi connectivity index (χ1) is 10.0. The number of hydrogen-bond donors (Lipinski definition) is 1. The normalized spacial score (nSPS) is 23.2. The summed E-state index contributed by atoms with van der Waals surface area (Å²) in [4.78, 5) is 12.2. The SMILES string of the molecule is COCCn1ncc(NN2C(C)CCCC2C)c(Cl)c1=O. The molecule has 0 amide bonds. The zero-order chi connectivity index (χ0) is 15.4. The van der Waals surface area contributed by atoms with Crippen LogP contribution in [0.15, 0.2) is 11.0 Å². The molecule has 7 heteroatoms. The maximum absolute atomic E-state index is 12.2. The monoisotopic (exact) mass is 314 g/mol. The Hall–Kier alpha value is -1.11. The molecule has 1 N–H and O–H groups in total. The molecule has 0 radical (unpaired) electrons. The number of hydrazine groups is 1. The summed E-state index contributed by atoms with van der Waals surface area (Å²) < 4.78 is 6.27. The van der Waals surface area contributed by atoms with Gasteiger partial charge in [-0.2, -0.15) is 5.10 Å². The highest BCUT2D eigenvalue weighted by atomic mass is 35.5. The topological polar surface area (TPSA) is 59.4 Å². The molecule has 0 aromatic carbocycles. The van der Waals surface area contributed by atoms with Gasteiger partial charge < -0.3 is 10.2 Å². The number of anilines is 1. The zero-order valence-electron chi connectivity index (χ0n) is 12.8. The van der Waals surface area contributed by atoms with E-state index < -0.39 is 0 Å². The molecule has 2 rings (SSSR count). The third-order valence-corrected chi connectivity index (χ3v) is 4.30. The van der Waals surface area contributed by atoms with E-state index in [0.29, 0.717) is 30.9 Å². The van der Waals surface area contributed by atoms with Crippen LogP contribution < -0.4 is 11.0 Å². The Morgan fingerprint density at radius 1 is 1.43 bits per heavy atom.